The Labute approximate surface area is 206 Å². The van der Waals surface area contributed by atoms with E-state index < -0.39 is 21.4 Å². The third-order valence-corrected chi connectivity index (χ3v) is 8.51. The number of hydrogen-bond donors (Lipinski definition) is 1. The fraction of sp³-hybridized carbons (Fsp3) is 0.407. The minimum absolute atomic E-state index is 0.00114. The minimum atomic E-state index is -3.75. The van der Waals surface area contributed by atoms with Crippen LogP contribution < -0.4 is 10.7 Å². The molecule has 1 aliphatic rings. The molecule has 4 rings (SSSR count). The number of carbonyl (C=O) groups excluding carboxylic acids is 1. The van der Waals surface area contributed by atoms with Gasteiger partial charge in [0.1, 0.15) is 5.56 Å². The van der Waals surface area contributed by atoms with Crippen LogP contribution >= 0.6 is 0 Å². The average molecular weight is 496 g/mol. The number of benzene rings is 2. The van der Waals surface area contributed by atoms with Crippen molar-refractivity contribution < 1.29 is 13.2 Å². The Morgan fingerprint density at radius 3 is 2.34 bits per heavy atom. The molecule has 0 bridgehead atoms. The van der Waals surface area contributed by atoms with Crippen LogP contribution in [-0.4, -0.2) is 36.3 Å². The second-order valence-electron chi connectivity index (χ2n) is 9.77. The molecule has 186 valence electrons. The lowest BCUT2D eigenvalue weighted by Gasteiger charge is -2.34. The molecule has 0 saturated carbocycles. The molecule has 0 radical (unpaired) electrons. The van der Waals surface area contributed by atoms with Crippen LogP contribution in [-0.2, 0) is 23.1 Å². The van der Waals surface area contributed by atoms with Gasteiger partial charge >= 0.3 is 0 Å². The fourth-order valence-electron chi connectivity index (χ4n) is 4.89. The van der Waals surface area contributed by atoms with E-state index >= 15 is 0 Å². The van der Waals surface area contributed by atoms with Gasteiger partial charge in [-0.25, -0.2) is 8.42 Å². The van der Waals surface area contributed by atoms with Gasteiger partial charge in [-0.2, -0.15) is 4.31 Å². The minimum Gasteiger partial charge on any atom is -0.348 e. The van der Waals surface area contributed by atoms with Crippen LogP contribution in [0.15, 0.2) is 58.4 Å². The number of pyridine rings is 1. The fourth-order valence-corrected chi connectivity index (χ4v) is 6.60. The summed E-state index contributed by atoms with van der Waals surface area (Å²) in [5.41, 5.74) is 2.19. The summed E-state index contributed by atoms with van der Waals surface area (Å²) in [6, 6.07) is 12.4. The highest BCUT2D eigenvalue weighted by Gasteiger charge is 2.32. The van der Waals surface area contributed by atoms with E-state index in [2.05, 4.69) is 19.2 Å². The molecule has 1 fully saturated rings. The maximum atomic E-state index is 13.4. The highest BCUT2D eigenvalue weighted by atomic mass is 32.2. The van der Waals surface area contributed by atoms with Crippen molar-refractivity contribution in [2.45, 2.75) is 52.1 Å². The van der Waals surface area contributed by atoms with Gasteiger partial charge in [0.05, 0.1) is 10.4 Å². The molecule has 35 heavy (non-hydrogen) atoms. The number of amides is 1. The van der Waals surface area contributed by atoms with Crippen molar-refractivity contribution in [3.63, 3.8) is 0 Å². The van der Waals surface area contributed by atoms with Crippen LogP contribution in [0, 0.1) is 18.8 Å². The van der Waals surface area contributed by atoms with Crippen molar-refractivity contribution in [3.05, 3.63) is 75.6 Å². The number of piperidine rings is 1. The lowest BCUT2D eigenvalue weighted by Crippen LogP contribution is -2.42. The molecule has 0 aliphatic carbocycles. The van der Waals surface area contributed by atoms with E-state index in [1.165, 1.54) is 10.4 Å². The van der Waals surface area contributed by atoms with Crippen molar-refractivity contribution in [2.75, 3.05) is 13.1 Å². The molecule has 7 nitrogen and oxygen atoms in total. The van der Waals surface area contributed by atoms with Crippen molar-refractivity contribution in [2.24, 2.45) is 11.8 Å². The lowest BCUT2D eigenvalue weighted by molar-refractivity contribution is 0.0949. The second kappa shape index (κ2) is 9.95. The van der Waals surface area contributed by atoms with Gasteiger partial charge in [-0.1, -0.05) is 43.7 Å². The number of rotatable bonds is 6. The van der Waals surface area contributed by atoms with Crippen LogP contribution in [0.5, 0.6) is 0 Å². The molecule has 1 saturated heterocycles. The molecule has 2 atom stereocenters. The lowest BCUT2D eigenvalue weighted by atomic mass is 9.94. The summed E-state index contributed by atoms with van der Waals surface area (Å²) >= 11 is 0. The predicted octanol–water partition coefficient (Wildman–Crippen LogP) is 3.93. The van der Waals surface area contributed by atoms with Crippen molar-refractivity contribution in [1.29, 1.82) is 0 Å². The number of carbonyl (C=O) groups is 1. The first-order valence-electron chi connectivity index (χ1n) is 12.1. The Kier molecular flexibility index (Phi) is 7.15. The number of aromatic nitrogens is 1. The zero-order chi connectivity index (χ0) is 25.3. The van der Waals surface area contributed by atoms with E-state index in [1.54, 1.807) is 22.9 Å². The van der Waals surface area contributed by atoms with Crippen LogP contribution in [0.2, 0.25) is 0 Å². The summed E-state index contributed by atoms with van der Waals surface area (Å²) < 4.78 is 30.2. The summed E-state index contributed by atoms with van der Waals surface area (Å²) in [7, 11) is -3.75. The SMILES string of the molecule is CCn1cc(C(=O)NCc2ccc(C)cc2)c(=O)c2cc(S(=O)(=O)N3C[C@@H](C)C[C@H](C)C3)ccc21. The van der Waals surface area contributed by atoms with E-state index in [0.29, 0.717) is 31.7 Å². The molecule has 1 aromatic heterocycles. The number of hydrogen-bond acceptors (Lipinski definition) is 4. The molecule has 0 spiro atoms. The van der Waals surface area contributed by atoms with E-state index in [-0.39, 0.29) is 27.7 Å². The number of fused-ring (bicyclic) bond motifs is 1. The third-order valence-electron chi connectivity index (χ3n) is 6.68. The topological polar surface area (TPSA) is 88.5 Å². The van der Waals surface area contributed by atoms with Crippen LogP contribution in [0.3, 0.4) is 0 Å². The van der Waals surface area contributed by atoms with E-state index in [4.69, 9.17) is 0 Å². The summed E-state index contributed by atoms with van der Waals surface area (Å²) in [5.74, 6) is 0.0665. The molecule has 2 aromatic carbocycles. The maximum Gasteiger partial charge on any atom is 0.257 e. The Morgan fingerprint density at radius 2 is 1.71 bits per heavy atom. The second-order valence-corrected chi connectivity index (χ2v) is 11.7. The molecular formula is C27H33N3O4S. The highest BCUT2D eigenvalue weighted by molar-refractivity contribution is 7.89. The van der Waals surface area contributed by atoms with E-state index in [1.807, 2.05) is 38.1 Å². The Balaban J connectivity index is 1.70. The zero-order valence-corrected chi connectivity index (χ0v) is 21.6. The molecule has 1 aliphatic heterocycles. The first kappa shape index (κ1) is 25.1. The Hall–Kier alpha value is -2.97. The van der Waals surface area contributed by atoms with Crippen molar-refractivity contribution >= 4 is 26.8 Å². The normalized spacial score (nSPS) is 19.1. The zero-order valence-electron chi connectivity index (χ0n) is 20.7. The molecule has 1 N–H and O–H groups in total. The standard InChI is InChI=1S/C27H33N3O4S/c1-5-29-17-24(27(32)28-14-21-8-6-18(2)7-9-21)26(31)23-13-22(10-11-25(23)29)35(33,34)30-15-19(3)12-20(4)16-30/h6-11,13,17,19-20H,5,12,14-16H2,1-4H3,(H,28,32)/t19-,20-/m0/s1. The van der Waals surface area contributed by atoms with Gasteiger partial charge in [0.15, 0.2) is 0 Å². The van der Waals surface area contributed by atoms with Crippen LogP contribution in [0.1, 0.15) is 48.7 Å². The van der Waals surface area contributed by atoms with Gasteiger partial charge in [-0.3, -0.25) is 9.59 Å². The quantitative estimate of drug-likeness (QED) is 0.561. The van der Waals surface area contributed by atoms with Gasteiger partial charge in [0.2, 0.25) is 15.5 Å². The van der Waals surface area contributed by atoms with Crippen molar-refractivity contribution in [1.82, 2.24) is 14.2 Å². The van der Waals surface area contributed by atoms with E-state index in [9.17, 15) is 18.0 Å². The number of sulfonamides is 1. The van der Waals surface area contributed by atoms with Crippen LogP contribution in [0.4, 0.5) is 0 Å². The molecule has 8 heteroatoms. The predicted molar refractivity (Wildman–Crippen MR) is 138 cm³/mol. The van der Waals surface area contributed by atoms with Gasteiger partial charge in [-0.15, -0.1) is 0 Å². The average Bonchev–Trinajstić information content (AvgIpc) is 2.83. The summed E-state index contributed by atoms with van der Waals surface area (Å²) in [6.45, 7) is 9.77. The molecule has 0 unspecified atom stereocenters. The first-order valence-corrected chi connectivity index (χ1v) is 13.5. The van der Waals surface area contributed by atoms with Crippen LogP contribution in [0.25, 0.3) is 10.9 Å². The summed E-state index contributed by atoms with van der Waals surface area (Å²) in [6.07, 6.45) is 2.54. The molecule has 3 aromatic rings. The maximum absolute atomic E-state index is 13.4. The van der Waals surface area contributed by atoms with Crippen molar-refractivity contribution in [3.8, 4) is 0 Å². The molecular weight excluding hydrogens is 462 g/mol. The largest absolute Gasteiger partial charge is 0.348 e. The Morgan fingerprint density at radius 1 is 1.06 bits per heavy atom. The number of nitrogens with one attached hydrogen (secondary N) is 1. The highest BCUT2D eigenvalue weighted by Crippen LogP contribution is 2.28. The van der Waals surface area contributed by atoms with Gasteiger partial charge < -0.3 is 9.88 Å². The van der Waals surface area contributed by atoms with Gasteiger partial charge in [0, 0.05) is 37.8 Å². The summed E-state index contributed by atoms with van der Waals surface area (Å²) in [4.78, 5) is 26.4. The smallest absolute Gasteiger partial charge is 0.257 e. The number of nitrogens with zero attached hydrogens (tertiary/aromatic N) is 2. The number of aryl methyl sites for hydroxylation is 2. The molecule has 2 heterocycles. The summed E-state index contributed by atoms with van der Waals surface area (Å²) in [5, 5.41) is 3.05. The Bertz CT molecular complexity index is 1400. The molecule has 1 amide bonds. The monoisotopic (exact) mass is 495 g/mol. The third kappa shape index (κ3) is 5.18. The van der Waals surface area contributed by atoms with E-state index in [0.717, 1.165) is 17.5 Å². The first-order chi connectivity index (χ1) is 16.6. The van der Waals surface area contributed by atoms with Gasteiger partial charge in [0.25, 0.3) is 5.91 Å². The van der Waals surface area contributed by atoms with Gasteiger partial charge in [-0.05, 0) is 55.9 Å².